The van der Waals surface area contributed by atoms with E-state index >= 15 is 0 Å². The number of nitriles is 1. The molecule has 1 fully saturated rings. The van der Waals surface area contributed by atoms with Crippen LogP contribution in [0.1, 0.15) is 63.9 Å². The Kier molecular flexibility index (Phi) is 7.60. The third-order valence-electron chi connectivity index (χ3n) is 8.19. The number of hydrogen-bond acceptors (Lipinski definition) is 8. The molecule has 2 unspecified atom stereocenters. The lowest BCUT2D eigenvalue weighted by molar-refractivity contribution is 0.0827. The van der Waals surface area contributed by atoms with Crippen LogP contribution in [-0.4, -0.2) is 88.6 Å². The van der Waals surface area contributed by atoms with Crippen LogP contribution in [-0.2, 0) is 5.41 Å². The zero-order valence-electron chi connectivity index (χ0n) is 23.9. The Bertz CT molecular complexity index is 1530. The molecule has 0 saturated carbocycles. The van der Waals surface area contributed by atoms with Crippen LogP contribution in [0.15, 0.2) is 48.7 Å². The third-order valence-corrected chi connectivity index (χ3v) is 8.19. The second kappa shape index (κ2) is 11.1. The number of carbonyl (C=O) groups is 2. The summed E-state index contributed by atoms with van der Waals surface area (Å²) in [6, 6.07) is 13.5. The fourth-order valence-electron chi connectivity index (χ4n) is 6.20. The first-order valence-corrected chi connectivity index (χ1v) is 13.8. The molecule has 3 aromatic rings. The average molecular weight is 554 g/mol. The topological polar surface area (TPSA) is 143 Å². The molecule has 1 aromatic heterocycles. The number of tetrazole rings is 1. The number of aromatic nitrogens is 4. The van der Waals surface area contributed by atoms with Crippen LogP contribution < -0.4 is 10.6 Å². The summed E-state index contributed by atoms with van der Waals surface area (Å²) in [5.74, 6) is 0.200. The van der Waals surface area contributed by atoms with Gasteiger partial charge >= 0.3 is 0 Å². The standard InChI is InChI=1S/C30H35N9O2/c1-18(33-17-19(2)39-12-6-7-22(39)16-31)15-30(29-34-36-37-35-29)25-10-8-20(27(40)32-3)13-23(25)24-14-21(9-11-26(24)30)28(41)38(4)5/h8-11,13-14,18,22,33H,2,6-7,12,15,17H2,1,3-5H3,(H,32,40)(H,34,35,36,37)/t18-,22?,30?/m1/s1. The van der Waals surface area contributed by atoms with Gasteiger partial charge in [0.15, 0.2) is 5.82 Å². The number of hydrogen-bond donors (Lipinski definition) is 3. The highest BCUT2D eigenvalue weighted by Gasteiger charge is 2.49. The van der Waals surface area contributed by atoms with Gasteiger partial charge in [0.05, 0.1) is 11.5 Å². The summed E-state index contributed by atoms with van der Waals surface area (Å²) in [4.78, 5) is 29.2. The summed E-state index contributed by atoms with van der Waals surface area (Å²) in [5, 5.41) is 31.3. The van der Waals surface area contributed by atoms with Crippen molar-refractivity contribution in [2.75, 3.05) is 34.2 Å². The molecule has 1 aliphatic carbocycles. The minimum Gasteiger partial charge on any atom is -0.358 e. The van der Waals surface area contributed by atoms with E-state index in [2.05, 4.69) is 55.7 Å². The van der Waals surface area contributed by atoms with E-state index in [0.29, 0.717) is 29.9 Å². The lowest BCUT2D eigenvalue weighted by Crippen LogP contribution is -2.41. The maximum atomic E-state index is 12.9. The normalized spacial score (nSPS) is 19.7. The molecule has 41 heavy (non-hydrogen) atoms. The van der Waals surface area contributed by atoms with Crippen LogP contribution in [0.4, 0.5) is 0 Å². The summed E-state index contributed by atoms with van der Waals surface area (Å²) < 4.78 is 0. The molecule has 11 nitrogen and oxygen atoms in total. The molecule has 1 saturated heterocycles. The molecule has 3 atom stereocenters. The average Bonchev–Trinajstić information content (AvgIpc) is 3.74. The predicted molar refractivity (Wildman–Crippen MR) is 154 cm³/mol. The second-order valence-corrected chi connectivity index (χ2v) is 11.0. The van der Waals surface area contributed by atoms with Gasteiger partial charge in [0.1, 0.15) is 6.04 Å². The summed E-state index contributed by atoms with van der Waals surface area (Å²) in [6.07, 6.45) is 2.41. The molecule has 2 heterocycles. The minimum absolute atomic E-state index is 0.0334. The van der Waals surface area contributed by atoms with Crippen LogP contribution in [0, 0.1) is 11.3 Å². The number of rotatable bonds is 9. The monoisotopic (exact) mass is 553 g/mol. The Hall–Kier alpha value is -4.56. The van der Waals surface area contributed by atoms with Gasteiger partial charge in [0.25, 0.3) is 11.8 Å². The SMILES string of the molecule is C=C(CN[C@H](C)CC1(c2nn[nH]n2)c2ccc(C(=O)NC)cc2-c2cc(C(=O)N(C)C)ccc21)N1CCCC1C#N. The predicted octanol–water partition coefficient (Wildman–Crippen LogP) is 2.45. The molecular weight excluding hydrogens is 518 g/mol. The zero-order chi connectivity index (χ0) is 29.3. The molecule has 2 aromatic carbocycles. The van der Waals surface area contributed by atoms with E-state index in [0.717, 1.165) is 47.3 Å². The van der Waals surface area contributed by atoms with E-state index in [1.807, 2.05) is 30.3 Å². The molecule has 212 valence electrons. The van der Waals surface area contributed by atoms with E-state index in [-0.39, 0.29) is 23.9 Å². The summed E-state index contributed by atoms with van der Waals surface area (Å²) in [7, 11) is 5.04. The van der Waals surface area contributed by atoms with Gasteiger partial charge in [-0.2, -0.15) is 10.5 Å². The summed E-state index contributed by atoms with van der Waals surface area (Å²) in [5.41, 5.74) is 4.75. The Morgan fingerprint density at radius 2 is 1.90 bits per heavy atom. The highest BCUT2D eigenvalue weighted by molar-refractivity contribution is 5.99. The van der Waals surface area contributed by atoms with Crippen LogP contribution >= 0.6 is 0 Å². The quantitative estimate of drug-likeness (QED) is 0.367. The van der Waals surface area contributed by atoms with Gasteiger partial charge in [-0.05, 0) is 72.7 Å². The van der Waals surface area contributed by atoms with Gasteiger partial charge in [-0.25, -0.2) is 0 Å². The summed E-state index contributed by atoms with van der Waals surface area (Å²) >= 11 is 0. The lowest BCUT2D eigenvalue weighted by atomic mass is 9.72. The van der Waals surface area contributed by atoms with E-state index in [9.17, 15) is 14.9 Å². The van der Waals surface area contributed by atoms with Gasteiger partial charge in [0.2, 0.25) is 0 Å². The van der Waals surface area contributed by atoms with Crippen molar-refractivity contribution >= 4 is 11.8 Å². The Morgan fingerprint density at radius 1 is 1.22 bits per heavy atom. The van der Waals surface area contributed by atoms with Gasteiger partial charge in [-0.3, -0.25) is 9.59 Å². The van der Waals surface area contributed by atoms with Crippen LogP contribution in [0.3, 0.4) is 0 Å². The van der Waals surface area contributed by atoms with E-state index in [1.54, 1.807) is 32.1 Å². The Labute approximate surface area is 239 Å². The molecule has 2 amide bonds. The number of amides is 2. The van der Waals surface area contributed by atoms with Crippen molar-refractivity contribution in [3.8, 4) is 17.2 Å². The highest BCUT2D eigenvalue weighted by atomic mass is 16.2. The Morgan fingerprint density at radius 3 is 2.51 bits per heavy atom. The maximum absolute atomic E-state index is 12.9. The maximum Gasteiger partial charge on any atom is 0.253 e. The lowest BCUT2D eigenvalue weighted by Gasteiger charge is -2.33. The highest BCUT2D eigenvalue weighted by Crippen LogP contribution is 2.54. The van der Waals surface area contributed by atoms with Crippen LogP contribution in [0.25, 0.3) is 11.1 Å². The largest absolute Gasteiger partial charge is 0.358 e. The minimum atomic E-state index is -0.796. The van der Waals surface area contributed by atoms with E-state index < -0.39 is 5.41 Å². The first-order chi connectivity index (χ1) is 19.7. The van der Waals surface area contributed by atoms with E-state index in [1.165, 1.54) is 0 Å². The number of H-pyrrole nitrogens is 1. The zero-order valence-corrected chi connectivity index (χ0v) is 23.9. The van der Waals surface area contributed by atoms with Crippen LogP contribution in [0.5, 0.6) is 0 Å². The van der Waals surface area contributed by atoms with Crippen molar-refractivity contribution in [3.63, 3.8) is 0 Å². The fourth-order valence-corrected chi connectivity index (χ4v) is 6.20. The number of nitrogens with zero attached hydrogens (tertiary/aromatic N) is 6. The first kappa shape index (κ1) is 28.0. The van der Waals surface area contributed by atoms with Crippen molar-refractivity contribution < 1.29 is 9.59 Å². The fraction of sp³-hybridized carbons (Fsp3) is 0.400. The number of nitrogens with one attached hydrogen (secondary N) is 3. The van der Waals surface area contributed by atoms with Crippen molar-refractivity contribution in [3.05, 3.63) is 76.8 Å². The molecule has 11 heteroatoms. The van der Waals surface area contributed by atoms with Gasteiger partial charge in [-0.15, -0.1) is 10.2 Å². The van der Waals surface area contributed by atoms with Crippen LogP contribution in [0.2, 0.25) is 0 Å². The van der Waals surface area contributed by atoms with Gasteiger partial charge in [0, 0.05) is 57.1 Å². The van der Waals surface area contributed by atoms with Crippen molar-refractivity contribution in [1.82, 2.24) is 41.1 Å². The Balaban J connectivity index is 1.57. The number of carbonyl (C=O) groups excluding carboxylic acids is 2. The van der Waals surface area contributed by atoms with Gasteiger partial charge in [-0.1, -0.05) is 23.9 Å². The van der Waals surface area contributed by atoms with Gasteiger partial charge < -0.3 is 20.4 Å². The second-order valence-electron chi connectivity index (χ2n) is 11.0. The molecule has 0 bridgehead atoms. The molecule has 0 spiro atoms. The smallest absolute Gasteiger partial charge is 0.253 e. The molecule has 0 radical (unpaired) electrons. The number of aromatic amines is 1. The molecule has 3 N–H and O–H groups in total. The third kappa shape index (κ3) is 4.85. The molecule has 1 aliphatic heterocycles. The van der Waals surface area contributed by atoms with Crippen molar-refractivity contribution in [2.45, 2.75) is 43.7 Å². The molecule has 2 aliphatic rings. The number of benzene rings is 2. The van der Waals surface area contributed by atoms with Crippen molar-refractivity contribution in [2.24, 2.45) is 0 Å². The molecular formula is C30H35N9O2. The first-order valence-electron chi connectivity index (χ1n) is 13.8. The summed E-state index contributed by atoms with van der Waals surface area (Å²) in [6.45, 7) is 7.72. The van der Waals surface area contributed by atoms with Crippen molar-refractivity contribution in [1.29, 1.82) is 5.26 Å². The molecule has 5 rings (SSSR count). The number of fused-ring (bicyclic) bond motifs is 3. The van der Waals surface area contributed by atoms with E-state index in [4.69, 9.17) is 0 Å². The number of likely N-dealkylation sites (tertiary alicyclic amines) is 1.